The summed E-state index contributed by atoms with van der Waals surface area (Å²) in [6.07, 6.45) is 36.4. The topological polar surface area (TPSA) is 58.2 Å². The molecule has 0 atom stereocenters. The van der Waals surface area contributed by atoms with Gasteiger partial charge in [0.1, 0.15) is 0 Å². The second-order valence-corrected chi connectivity index (χ2v) is 15.8. The molecule has 4 aliphatic rings. The summed E-state index contributed by atoms with van der Waals surface area (Å²) in [5.74, 6) is -2.33. The Morgan fingerprint density at radius 3 is 1.25 bits per heavy atom. The molecule has 2 aromatic rings. The van der Waals surface area contributed by atoms with Crippen LogP contribution >= 0.6 is 0 Å². The van der Waals surface area contributed by atoms with E-state index in [1.54, 1.807) is 0 Å². The van der Waals surface area contributed by atoms with E-state index >= 15 is 0 Å². The first-order valence-electron chi connectivity index (χ1n) is 19.6. The van der Waals surface area contributed by atoms with E-state index in [1.165, 1.54) is 76.3 Å². The van der Waals surface area contributed by atoms with Crippen molar-refractivity contribution in [2.24, 2.45) is 22.7 Å². The van der Waals surface area contributed by atoms with E-state index in [1.807, 2.05) is 64.1 Å². The van der Waals surface area contributed by atoms with Crippen molar-refractivity contribution in [1.82, 2.24) is 0 Å². The largest absolute Gasteiger partial charge is 4.00 e. The quantitative estimate of drug-likeness (QED) is 0.143. The Morgan fingerprint density at radius 1 is 0.618 bits per heavy atom. The van der Waals surface area contributed by atoms with Crippen molar-refractivity contribution in [1.29, 1.82) is 0 Å². The summed E-state index contributed by atoms with van der Waals surface area (Å²) in [5, 5.41) is 5.11. The molecular weight excluding hydrogens is 736 g/mol. The fourth-order valence-electron chi connectivity index (χ4n) is 6.65. The fourth-order valence-corrected chi connectivity index (χ4v) is 6.65. The summed E-state index contributed by atoms with van der Waals surface area (Å²) < 4.78 is 52.8. The maximum Gasteiger partial charge on any atom is 4.00 e. The van der Waals surface area contributed by atoms with Crippen molar-refractivity contribution in [3.05, 3.63) is 108 Å². The molecule has 6 rings (SSSR count). The van der Waals surface area contributed by atoms with Crippen LogP contribution in [0, 0.1) is 70.2 Å². The molecule has 2 fully saturated rings. The average Bonchev–Trinajstić information content (AvgIpc) is 3.94. The maximum absolute atomic E-state index is 13.6. The maximum atomic E-state index is 13.6. The van der Waals surface area contributed by atoms with Gasteiger partial charge in [0.15, 0.2) is 0 Å². The third-order valence-electron chi connectivity index (χ3n) is 10.4. The van der Waals surface area contributed by atoms with Crippen LogP contribution in [0.25, 0.3) is 0 Å². The molecule has 4 nitrogen and oxygen atoms in total. The fraction of sp³-hybridized carbons (Fsp3) is 0.522. The number of hydrogen-bond acceptors (Lipinski definition) is 2. The number of amides is 2. The molecule has 2 saturated carbocycles. The Hall–Kier alpha value is -3.23. The van der Waals surface area contributed by atoms with E-state index in [0.29, 0.717) is 11.8 Å². The van der Waals surface area contributed by atoms with E-state index in [4.69, 9.17) is 0 Å². The number of carbonyl (C=O) groups is 2. The van der Waals surface area contributed by atoms with Crippen LogP contribution in [-0.4, -0.2) is 11.8 Å². The minimum absolute atomic E-state index is 0. The Bertz CT molecular complexity index is 1450. The molecule has 0 aliphatic heterocycles. The van der Waals surface area contributed by atoms with E-state index in [-0.39, 0.29) is 44.9 Å². The first kappa shape index (κ1) is 47.9. The second kappa shape index (κ2) is 25.1. The van der Waals surface area contributed by atoms with Gasteiger partial charge in [0, 0.05) is 34.1 Å². The Morgan fingerprint density at radius 2 is 0.982 bits per heavy atom. The van der Waals surface area contributed by atoms with Crippen molar-refractivity contribution in [3.8, 4) is 0 Å². The summed E-state index contributed by atoms with van der Waals surface area (Å²) in [5.41, 5.74) is -1.18. The summed E-state index contributed by atoms with van der Waals surface area (Å²) in [6.45, 7) is 7.49. The minimum Gasteiger partial charge on any atom is -0.376 e. The number of allylic oxidation sites excluding steroid dienone is 8. The number of nitrogens with one attached hydrogen (secondary N) is 2. The van der Waals surface area contributed by atoms with Gasteiger partial charge in [-0.05, 0) is 48.9 Å². The van der Waals surface area contributed by atoms with Gasteiger partial charge >= 0.3 is 21.7 Å². The molecule has 0 heterocycles. The van der Waals surface area contributed by atoms with E-state index in [0.717, 1.165) is 50.7 Å². The number of halogens is 4. The molecule has 9 heteroatoms. The standard InChI is InChI=1S/2C18H24F2NO.2C5H5.Ti/c2*1-18(2,11-10-13-6-4-3-5-7-13)17(22)21-16-9-8-14(19)12-15(16)20;2*1-2-4-5-3-1;/h2*8-9,13H,3-7,10-11H2,1-2H3,(H,21,22);2*1-3H,4H2;/q4*-1;+4. The number of carbonyl (C=O) groups excluding carboxylic acids is 2. The van der Waals surface area contributed by atoms with Gasteiger partial charge in [-0.2, -0.15) is 12.2 Å². The van der Waals surface area contributed by atoms with Crippen LogP contribution in [0.3, 0.4) is 0 Å². The van der Waals surface area contributed by atoms with Crippen LogP contribution in [0.4, 0.5) is 28.9 Å². The summed E-state index contributed by atoms with van der Waals surface area (Å²) in [4.78, 5) is 24.7. The van der Waals surface area contributed by atoms with Crippen LogP contribution in [-0.2, 0) is 31.3 Å². The molecule has 0 bridgehead atoms. The number of rotatable bonds is 10. The zero-order chi connectivity index (χ0) is 39.4. The van der Waals surface area contributed by atoms with Gasteiger partial charge < -0.3 is 10.6 Å². The van der Waals surface area contributed by atoms with Gasteiger partial charge in [-0.1, -0.05) is 91.9 Å². The molecule has 0 radical (unpaired) electrons. The van der Waals surface area contributed by atoms with Crippen molar-refractivity contribution in [3.63, 3.8) is 0 Å². The van der Waals surface area contributed by atoms with Crippen molar-refractivity contribution >= 4 is 23.2 Å². The second-order valence-electron chi connectivity index (χ2n) is 15.8. The molecule has 296 valence electrons. The van der Waals surface area contributed by atoms with Gasteiger partial charge in [0.25, 0.3) is 0 Å². The van der Waals surface area contributed by atoms with E-state index in [2.05, 4.69) is 34.9 Å². The zero-order valence-electron chi connectivity index (χ0n) is 33.1. The van der Waals surface area contributed by atoms with Crippen LogP contribution in [0.5, 0.6) is 0 Å². The van der Waals surface area contributed by atoms with Crippen LogP contribution in [0.1, 0.15) is 130 Å². The van der Waals surface area contributed by atoms with Gasteiger partial charge in [-0.3, -0.25) is 21.7 Å². The smallest absolute Gasteiger partial charge is 0.376 e. The van der Waals surface area contributed by atoms with E-state index < -0.39 is 34.1 Å². The number of hydrogen-bond donors (Lipinski definition) is 2. The van der Waals surface area contributed by atoms with Crippen molar-refractivity contribution in [2.45, 2.75) is 130 Å². The normalized spacial score (nSPS) is 16.4. The van der Waals surface area contributed by atoms with Crippen molar-refractivity contribution in [2.75, 3.05) is 10.6 Å². The predicted octanol–water partition coefficient (Wildman–Crippen LogP) is 12.8. The Balaban J connectivity index is 0.000000298. The molecule has 0 aromatic heterocycles. The van der Waals surface area contributed by atoms with Gasteiger partial charge in [-0.25, -0.2) is 41.9 Å². The monoisotopic (exact) mass is 794 g/mol. The molecular formula is C46H58F4N2O2Ti. The number of benzene rings is 2. The van der Waals surface area contributed by atoms with Gasteiger partial charge in [0.05, 0.1) is 0 Å². The summed E-state index contributed by atoms with van der Waals surface area (Å²) in [7, 11) is 0. The summed E-state index contributed by atoms with van der Waals surface area (Å²) >= 11 is 0. The third-order valence-corrected chi connectivity index (χ3v) is 10.4. The van der Waals surface area contributed by atoms with Crippen LogP contribution in [0.15, 0.2) is 60.7 Å². The van der Waals surface area contributed by atoms with Crippen LogP contribution in [0.2, 0.25) is 0 Å². The van der Waals surface area contributed by atoms with Crippen molar-refractivity contribution < 1.29 is 48.9 Å². The first-order valence-corrected chi connectivity index (χ1v) is 19.6. The van der Waals surface area contributed by atoms with Gasteiger partial charge in [-0.15, -0.1) is 49.2 Å². The Labute approximate surface area is 342 Å². The molecule has 4 aliphatic carbocycles. The zero-order valence-corrected chi connectivity index (χ0v) is 34.6. The molecule has 0 spiro atoms. The molecule has 2 aromatic carbocycles. The molecule has 0 unspecified atom stereocenters. The Kier molecular flexibility index (Phi) is 21.9. The average molecular weight is 795 g/mol. The molecule has 2 amide bonds. The minimum atomic E-state index is -0.864. The SMILES string of the molecule is CC(C)(CCC1CCCCC1)C(=O)Nc1ccc(F)[c-]c1F.CC(C)(CCC1CCCCC1)C(=O)Nc1ccc(F)[c-]c1F.[C-]1=CC=CC1.[C-]1=CC=CC1.[Ti+4]. The molecule has 0 saturated heterocycles. The molecule has 55 heavy (non-hydrogen) atoms. The predicted molar refractivity (Wildman–Crippen MR) is 210 cm³/mol. The van der Waals surface area contributed by atoms with Gasteiger partial charge in [0.2, 0.25) is 11.8 Å². The number of anilines is 2. The third kappa shape index (κ3) is 18.5. The first-order chi connectivity index (χ1) is 25.8. The molecule has 2 N–H and O–H groups in total. The van der Waals surface area contributed by atoms with E-state index in [9.17, 15) is 27.2 Å². The van der Waals surface area contributed by atoms with Crippen LogP contribution < -0.4 is 10.6 Å². The summed E-state index contributed by atoms with van der Waals surface area (Å²) in [6, 6.07) is 8.51.